The van der Waals surface area contributed by atoms with Gasteiger partial charge in [-0.05, 0) is 63.0 Å². The van der Waals surface area contributed by atoms with Gasteiger partial charge in [0.15, 0.2) is 5.78 Å². The Hall–Kier alpha value is -1.35. The number of benzene rings is 1. The zero-order valence-corrected chi connectivity index (χ0v) is 14.0. The molecule has 0 bridgehead atoms. The van der Waals surface area contributed by atoms with Crippen molar-refractivity contribution in [1.29, 1.82) is 0 Å². The second kappa shape index (κ2) is 8.94. The van der Waals surface area contributed by atoms with E-state index >= 15 is 0 Å². The minimum atomic E-state index is 0.112. The van der Waals surface area contributed by atoms with Crippen LogP contribution in [0.25, 0.3) is 0 Å². The van der Waals surface area contributed by atoms with E-state index in [1.807, 2.05) is 24.3 Å². The lowest BCUT2D eigenvalue weighted by atomic mass is 9.94. The van der Waals surface area contributed by atoms with Gasteiger partial charge in [0, 0.05) is 18.0 Å². The minimum absolute atomic E-state index is 0.112. The van der Waals surface area contributed by atoms with Crippen LogP contribution in [0.3, 0.4) is 0 Å². The standard InChI is InChI=1S/C19H29NO2/c1-3-14-22-18-10-8-17(9-11-18)19(21)16(4-2)15-20-12-6-5-7-13-20/h8-11,16H,3-7,12-15H2,1-2H3. The molecule has 1 aromatic carbocycles. The molecule has 122 valence electrons. The van der Waals surface area contributed by atoms with Gasteiger partial charge in [0.1, 0.15) is 5.75 Å². The molecule has 1 aliphatic heterocycles. The van der Waals surface area contributed by atoms with Gasteiger partial charge in [-0.15, -0.1) is 0 Å². The maximum Gasteiger partial charge on any atom is 0.167 e. The molecule has 0 aromatic heterocycles. The fraction of sp³-hybridized carbons (Fsp3) is 0.632. The average Bonchev–Trinajstić information content (AvgIpc) is 2.58. The highest BCUT2D eigenvalue weighted by molar-refractivity contribution is 5.98. The smallest absolute Gasteiger partial charge is 0.167 e. The van der Waals surface area contributed by atoms with Crippen molar-refractivity contribution in [2.24, 2.45) is 5.92 Å². The van der Waals surface area contributed by atoms with Gasteiger partial charge in [-0.25, -0.2) is 0 Å². The van der Waals surface area contributed by atoms with Crippen LogP contribution >= 0.6 is 0 Å². The topological polar surface area (TPSA) is 29.5 Å². The number of carbonyl (C=O) groups is 1. The summed E-state index contributed by atoms with van der Waals surface area (Å²) < 4.78 is 5.58. The molecule has 1 aliphatic rings. The fourth-order valence-corrected chi connectivity index (χ4v) is 3.02. The predicted octanol–water partition coefficient (Wildman–Crippen LogP) is 4.17. The van der Waals surface area contributed by atoms with Crippen LogP contribution in [0.15, 0.2) is 24.3 Å². The second-order valence-electron chi connectivity index (χ2n) is 6.20. The van der Waals surface area contributed by atoms with E-state index in [9.17, 15) is 4.79 Å². The van der Waals surface area contributed by atoms with Crippen LogP contribution in [0.1, 0.15) is 56.3 Å². The minimum Gasteiger partial charge on any atom is -0.494 e. The number of nitrogens with zero attached hydrogens (tertiary/aromatic N) is 1. The van der Waals surface area contributed by atoms with E-state index in [0.717, 1.165) is 50.4 Å². The Balaban J connectivity index is 1.94. The number of rotatable bonds is 8. The predicted molar refractivity (Wildman–Crippen MR) is 90.6 cm³/mol. The highest BCUT2D eigenvalue weighted by atomic mass is 16.5. The van der Waals surface area contributed by atoms with Crippen LogP contribution in [0.2, 0.25) is 0 Å². The monoisotopic (exact) mass is 303 g/mol. The van der Waals surface area contributed by atoms with Gasteiger partial charge < -0.3 is 9.64 Å². The average molecular weight is 303 g/mol. The zero-order chi connectivity index (χ0) is 15.8. The quantitative estimate of drug-likeness (QED) is 0.675. The highest BCUT2D eigenvalue weighted by Gasteiger charge is 2.22. The van der Waals surface area contributed by atoms with E-state index in [2.05, 4.69) is 18.7 Å². The van der Waals surface area contributed by atoms with Crippen LogP contribution in [0.4, 0.5) is 0 Å². The largest absolute Gasteiger partial charge is 0.494 e. The number of carbonyl (C=O) groups excluding carboxylic acids is 1. The normalized spacial score (nSPS) is 17.2. The van der Waals surface area contributed by atoms with Crippen molar-refractivity contribution in [1.82, 2.24) is 4.90 Å². The van der Waals surface area contributed by atoms with Crippen molar-refractivity contribution in [2.75, 3.05) is 26.2 Å². The van der Waals surface area contributed by atoms with Gasteiger partial charge in [0.05, 0.1) is 6.61 Å². The first-order chi connectivity index (χ1) is 10.7. The molecule has 0 radical (unpaired) electrons. The molecule has 1 aromatic rings. The maximum atomic E-state index is 12.7. The third-order valence-electron chi connectivity index (χ3n) is 4.40. The van der Waals surface area contributed by atoms with Crippen molar-refractivity contribution in [3.05, 3.63) is 29.8 Å². The lowest BCUT2D eigenvalue weighted by Gasteiger charge is -2.29. The van der Waals surface area contributed by atoms with Gasteiger partial charge in [0.2, 0.25) is 0 Å². The molecule has 1 fully saturated rings. The number of piperidine rings is 1. The van der Waals surface area contributed by atoms with Crippen LogP contribution < -0.4 is 4.74 Å². The summed E-state index contributed by atoms with van der Waals surface area (Å²) in [5, 5.41) is 0. The number of ketones is 1. The van der Waals surface area contributed by atoms with E-state index in [-0.39, 0.29) is 11.7 Å². The first-order valence-electron chi connectivity index (χ1n) is 8.74. The van der Waals surface area contributed by atoms with E-state index in [1.165, 1.54) is 19.3 Å². The fourth-order valence-electron chi connectivity index (χ4n) is 3.02. The Morgan fingerprint density at radius 1 is 1.14 bits per heavy atom. The molecule has 0 amide bonds. The van der Waals surface area contributed by atoms with Crippen molar-refractivity contribution in [3.63, 3.8) is 0 Å². The maximum absolute atomic E-state index is 12.7. The van der Waals surface area contributed by atoms with Crippen LogP contribution in [0, 0.1) is 5.92 Å². The summed E-state index contributed by atoms with van der Waals surface area (Å²) in [6.07, 6.45) is 5.78. The number of hydrogen-bond donors (Lipinski definition) is 0. The van der Waals surface area contributed by atoms with Gasteiger partial charge in [-0.3, -0.25) is 4.79 Å². The molecule has 22 heavy (non-hydrogen) atoms. The summed E-state index contributed by atoms with van der Waals surface area (Å²) in [6.45, 7) is 8.12. The third kappa shape index (κ3) is 4.84. The summed E-state index contributed by atoms with van der Waals surface area (Å²) in [5.74, 6) is 1.23. The van der Waals surface area contributed by atoms with E-state index < -0.39 is 0 Å². The molecule has 1 atom stereocenters. The lowest BCUT2D eigenvalue weighted by Crippen LogP contribution is -2.36. The van der Waals surface area contributed by atoms with E-state index in [1.54, 1.807) is 0 Å². The van der Waals surface area contributed by atoms with Crippen molar-refractivity contribution in [3.8, 4) is 5.75 Å². The molecule has 0 N–H and O–H groups in total. The Bertz CT molecular complexity index is 449. The van der Waals surface area contributed by atoms with Gasteiger partial charge in [-0.2, -0.15) is 0 Å². The summed E-state index contributed by atoms with van der Waals surface area (Å²) in [6, 6.07) is 7.64. The number of ether oxygens (including phenoxy) is 1. The lowest BCUT2D eigenvalue weighted by molar-refractivity contribution is 0.0863. The Morgan fingerprint density at radius 3 is 2.41 bits per heavy atom. The molecule has 3 heteroatoms. The van der Waals surface area contributed by atoms with Crippen molar-refractivity contribution >= 4 is 5.78 Å². The van der Waals surface area contributed by atoms with Gasteiger partial charge in [0.25, 0.3) is 0 Å². The van der Waals surface area contributed by atoms with Gasteiger partial charge >= 0.3 is 0 Å². The first-order valence-corrected chi connectivity index (χ1v) is 8.74. The first kappa shape index (κ1) is 17.0. The molecular weight excluding hydrogens is 274 g/mol. The highest BCUT2D eigenvalue weighted by Crippen LogP contribution is 2.19. The van der Waals surface area contributed by atoms with Crippen LogP contribution in [-0.2, 0) is 0 Å². The molecule has 1 unspecified atom stereocenters. The molecule has 1 heterocycles. The number of likely N-dealkylation sites (tertiary alicyclic amines) is 1. The Morgan fingerprint density at radius 2 is 1.82 bits per heavy atom. The number of Topliss-reactive ketones (excluding diaryl/α,β-unsaturated/α-hetero) is 1. The Kier molecular flexibility index (Phi) is 6.91. The summed E-state index contributed by atoms with van der Waals surface area (Å²) in [4.78, 5) is 15.2. The zero-order valence-electron chi connectivity index (χ0n) is 14.0. The summed E-state index contributed by atoms with van der Waals surface area (Å²) in [7, 11) is 0. The summed E-state index contributed by atoms with van der Waals surface area (Å²) >= 11 is 0. The number of hydrogen-bond acceptors (Lipinski definition) is 3. The van der Waals surface area contributed by atoms with Crippen molar-refractivity contribution < 1.29 is 9.53 Å². The molecular formula is C19H29NO2. The van der Waals surface area contributed by atoms with Gasteiger partial charge in [-0.1, -0.05) is 20.3 Å². The molecule has 3 nitrogen and oxygen atoms in total. The van der Waals surface area contributed by atoms with E-state index in [0.29, 0.717) is 0 Å². The molecule has 1 saturated heterocycles. The molecule has 0 spiro atoms. The van der Waals surface area contributed by atoms with Crippen LogP contribution in [0.5, 0.6) is 5.75 Å². The molecule has 0 saturated carbocycles. The van der Waals surface area contributed by atoms with E-state index in [4.69, 9.17) is 4.74 Å². The summed E-state index contributed by atoms with van der Waals surface area (Å²) in [5.41, 5.74) is 0.813. The molecule has 0 aliphatic carbocycles. The molecule has 2 rings (SSSR count). The second-order valence-corrected chi connectivity index (χ2v) is 6.20. The third-order valence-corrected chi connectivity index (χ3v) is 4.40. The Labute approximate surface area is 134 Å². The van der Waals surface area contributed by atoms with Crippen molar-refractivity contribution in [2.45, 2.75) is 46.0 Å². The van der Waals surface area contributed by atoms with Crippen LogP contribution in [-0.4, -0.2) is 36.9 Å². The SMILES string of the molecule is CCCOc1ccc(C(=O)C(CC)CN2CCCCC2)cc1.